The number of carbonyl (C=O) groups is 1. The predicted octanol–water partition coefficient (Wildman–Crippen LogP) is 3.01. The van der Waals surface area contributed by atoms with E-state index in [2.05, 4.69) is 6.92 Å². The number of aromatic hydroxyl groups is 1. The zero-order valence-corrected chi connectivity index (χ0v) is 11.0. The Balaban J connectivity index is 2.07. The first-order valence-corrected chi connectivity index (χ1v) is 6.42. The highest BCUT2D eigenvalue weighted by atomic mass is 16.5. The molecule has 0 heterocycles. The van der Waals surface area contributed by atoms with E-state index >= 15 is 0 Å². The number of ether oxygens (including phenoxy) is 1. The van der Waals surface area contributed by atoms with Gasteiger partial charge in [0.1, 0.15) is 5.75 Å². The molecule has 0 aromatic heterocycles. The fraction of sp³-hybridized carbons (Fsp3) is 0.533. The summed E-state index contributed by atoms with van der Waals surface area (Å²) in [7, 11) is 1.45. The van der Waals surface area contributed by atoms with Gasteiger partial charge in [-0.25, -0.2) is 0 Å². The van der Waals surface area contributed by atoms with Gasteiger partial charge in [-0.3, -0.25) is 4.79 Å². The molecule has 1 N–H and O–H groups in total. The number of phenolic OH excluding ortho intramolecular Hbond substituents is 1. The van der Waals surface area contributed by atoms with Gasteiger partial charge >= 0.3 is 5.97 Å². The van der Waals surface area contributed by atoms with Crippen LogP contribution >= 0.6 is 0 Å². The Labute approximate surface area is 108 Å². The van der Waals surface area contributed by atoms with Crippen molar-refractivity contribution >= 4 is 5.97 Å². The number of hydrogen-bond acceptors (Lipinski definition) is 3. The first kappa shape index (κ1) is 12.9. The van der Waals surface area contributed by atoms with Gasteiger partial charge in [-0.15, -0.1) is 0 Å². The minimum absolute atomic E-state index is 0.0557. The smallest absolute Gasteiger partial charge is 0.308 e. The van der Waals surface area contributed by atoms with E-state index in [0.29, 0.717) is 5.75 Å². The topological polar surface area (TPSA) is 46.5 Å². The van der Waals surface area contributed by atoms with Gasteiger partial charge in [-0.1, -0.05) is 19.1 Å². The maximum Gasteiger partial charge on any atom is 0.308 e. The Hall–Kier alpha value is -1.51. The number of phenols is 1. The third-order valence-corrected chi connectivity index (χ3v) is 4.19. The summed E-state index contributed by atoms with van der Waals surface area (Å²) >= 11 is 0. The second-order valence-electron chi connectivity index (χ2n) is 5.40. The minimum Gasteiger partial charge on any atom is -0.508 e. The normalized spacial score (nSPS) is 27.8. The van der Waals surface area contributed by atoms with E-state index in [1.54, 1.807) is 12.1 Å². The molecular formula is C15H20O3. The molecule has 0 aliphatic heterocycles. The maximum absolute atomic E-state index is 11.5. The molecule has 1 aliphatic carbocycles. The number of rotatable bonds is 2. The molecule has 0 unspecified atom stereocenters. The Bertz CT molecular complexity index is 414. The lowest BCUT2D eigenvalue weighted by atomic mass is 9.68. The summed E-state index contributed by atoms with van der Waals surface area (Å²) in [5, 5.41) is 9.32. The van der Waals surface area contributed by atoms with Crippen molar-refractivity contribution in [3.63, 3.8) is 0 Å². The van der Waals surface area contributed by atoms with Crippen LogP contribution in [0.2, 0.25) is 0 Å². The fourth-order valence-corrected chi connectivity index (χ4v) is 2.81. The van der Waals surface area contributed by atoms with Crippen LogP contribution in [0.5, 0.6) is 5.75 Å². The Morgan fingerprint density at radius 1 is 1.28 bits per heavy atom. The van der Waals surface area contributed by atoms with Gasteiger partial charge in [-0.2, -0.15) is 0 Å². The first-order valence-electron chi connectivity index (χ1n) is 6.42. The molecule has 0 amide bonds. The summed E-state index contributed by atoms with van der Waals surface area (Å²) in [4.78, 5) is 11.5. The SMILES string of the molecule is COC(=O)[C@H]1CC[C@@](C)(c2ccc(O)cc2)CC1. The van der Waals surface area contributed by atoms with Crippen LogP contribution in [0.1, 0.15) is 38.2 Å². The lowest BCUT2D eigenvalue weighted by molar-refractivity contribution is -0.146. The third kappa shape index (κ3) is 2.50. The summed E-state index contributed by atoms with van der Waals surface area (Å²) < 4.78 is 4.81. The molecule has 3 nitrogen and oxygen atoms in total. The third-order valence-electron chi connectivity index (χ3n) is 4.19. The molecule has 98 valence electrons. The minimum atomic E-state index is -0.0808. The van der Waals surface area contributed by atoms with Gasteiger partial charge in [0.05, 0.1) is 13.0 Å². The number of carbonyl (C=O) groups excluding carboxylic acids is 1. The van der Waals surface area contributed by atoms with Gasteiger partial charge in [0, 0.05) is 0 Å². The summed E-state index contributed by atoms with van der Waals surface area (Å²) in [6.45, 7) is 2.23. The second kappa shape index (κ2) is 5.01. The van der Waals surface area contributed by atoms with E-state index < -0.39 is 0 Å². The predicted molar refractivity (Wildman–Crippen MR) is 69.4 cm³/mol. The van der Waals surface area contributed by atoms with Gasteiger partial charge in [0.25, 0.3) is 0 Å². The van der Waals surface area contributed by atoms with E-state index in [0.717, 1.165) is 25.7 Å². The van der Waals surface area contributed by atoms with E-state index in [4.69, 9.17) is 4.74 Å². The first-order chi connectivity index (χ1) is 8.55. The van der Waals surface area contributed by atoms with Crippen LogP contribution in [-0.2, 0) is 14.9 Å². The van der Waals surface area contributed by atoms with Gasteiger partial charge in [-0.05, 0) is 48.8 Å². The van der Waals surface area contributed by atoms with Crippen LogP contribution in [0.15, 0.2) is 24.3 Å². The van der Waals surface area contributed by atoms with Gasteiger partial charge in [0.15, 0.2) is 0 Å². The highest BCUT2D eigenvalue weighted by Crippen LogP contribution is 2.41. The molecule has 0 bridgehead atoms. The fourth-order valence-electron chi connectivity index (χ4n) is 2.81. The number of esters is 1. The van der Waals surface area contributed by atoms with E-state index in [9.17, 15) is 9.90 Å². The van der Waals surface area contributed by atoms with Crippen LogP contribution in [-0.4, -0.2) is 18.2 Å². The van der Waals surface area contributed by atoms with E-state index in [1.165, 1.54) is 12.7 Å². The van der Waals surface area contributed by atoms with Crippen LogP contribution < -0.4 is 0 Å². The molecule has 3 heteroatoms. The van der Waals surface area contributed by atoms with Crippen LogP contribution in [0.25, 0.3) is 0 Å². The monoisotopic (exact) mass is 248 g/mol. The molecule has 1 fully saturated rings. The Kier molecular flexibility index (Phi) is 3.60. The lowest BCUT2D eigenvalue weighted by Gasteiger charge is -2.37. The average molecular weight is 248 g/mol. The van der Waals surface area contributed by atoms with Gasteiger partial charge in [0.2, 0.25) is 0 Å². The molecule has 0 atom stereocenters. The van der Waals surface area contributed by atoms with Crippen molar-refractivity contribution in [1.82, 2.24) is 0 Å². The average Bonchev–Trinajstić information content (AvgIpc) is 2.39. The summed E-state index contributed by atoms with van der Waals surface area (Å²) in [6.07, 6.45) is 3.73. The van der Waals surface area contributed by atoms with Crippen molar-refractivity contribution < 1.29 is 14.6 Å². The van der Waals surface area contributed by atoms with Crippen molar-refractivity contribution in [3.05, 3.63) is 29.8 Å². The maximum atomic E-state index is 11.5. The van der Waals surface area contributed by atoms with Crippen LogP contribution in [0, 0.1) is 5.92 Å². The molecule has 1 aromatic rings. The molecular weight excluding hydrogens is 228 g/mol. The number of benzene rings is 1. The second-order valence-corrected chi connectivity index (χ2v) is 5.40. The number of methoxy groups -OCH3 is 1. The van der Waals surface area contributed by atoms with Crippen LogP contribution in [0.4, 0.5) is 0 Å². The zero-order valence-electron chi connectivity index (χ0n) is 11.0. The summed E-state index contributed by atoms with van der Waals surface area (Å²) in [5.74, 6) is 0.272. The summed E-state index contributed by atoms with van der Waals surface area (Å²) in [6, 6.07) is 7.42. The number of hydrogen-bond donors (Lipinski definition) is 1. The quantitative estimate of drug-likeness (QED) is 0.818. The molecule has 0 spiro atoms. The van der Waals surface area contributed by atoms with Crippen molar-refractivity contribution in [2.45, 2.75) is 38.0 Å². The van der Waals surface area contributed by atoms with Crippen LogP contribution in [0.3, 0.4) is 0 Å². The molecule has 1 aliphatic rings. The van der Waals surface area contributed by atoms with Crippen molar-refractivity contribution in [3.8, 4) is 5.75 Å². The summed E-state index contributed by atoms with van der Waals surface area (Å²) in [5.41, 5.74) is 1.35. The highest BCUT2D eigenvalue weighted by molar-refractivity contribution is 5.72. The zero-order chi connectivity index (χ0) is 13.2. The molecule has 0 saturated heterocycles. The molecule has 1 saturated carbocycles. The lowest BCUT2D eigenvalue weighted by Crippen LogP contribution is -2.31. The largest absolute Gasteiger partial charge is 0.508 e. The molecule has 1 aromatic carbocycles. The van der Waals surface area contributed by atoms with E-state index in [-0.39, 0.29) is 17.3 Å². The molecule has 2 rings (SSSR count). The molecule has 0 radical (unpaired) electrons. The highest BCUT2D eigenvalue weighted by Gasteiger charge is 2.35. The molecule has 18 heavy (non-hydrogen) atoms. The van der Waals surface area contributed by atoms with Crippen molar-refractivity contribution in [1.29, 1.82) is 0 Å². The van der Waals surface area contributed by atoms with E-state index in [1.807, 2.05) is 12.1 Å². The van der Waals surface area contributed by atoms with Crippen molar-refractivity contribution in [2.75, 3.05) is 7.11 Å². The standard InChI is InChI=1S/C15H20O3/c1-15(12-3-5-13(16)6-4-12)9-7-11(8-10-15)14(17)18-2/h3-6,11,16H,7-10H2,1-2H3/t11-,15+. The van der Waals surface area contributed by atoms with Crippen molar-refractivity contribution in [2.24, 2.45) is 5.92 Å². The van der Waals surface area contributed by atoms with Gasteiger partial charge < -0.3 is 9.84 Å². The Morgan fingerprint density at radius 2 is 1.83 bits per heavy atom. The Morgan fingerprint density at radius 3 is 2.33 bits per heavy atom.